The highest BCUT2D eigenvalue weighted by atomic mass is 32.2. The molecular weight excluding hydrogens is 394 g/mol. The highest BCUT2D eigenvalue weighted by molar-refractivity contribution is 7.92. The molecule has 0 aliphatic rings. The summed E-state index contributed by atoms with van der Waals surface area (Å²) in [5, 5.41) is -0.319. The molecule has 0 aromatic heterocycles. The molecule has 2 rings (SSSR count). The van der Waals surface area contributed by atoms with Gasteiger partial charge in [-0.25, -0.2) is 21.1 Å². The molecule has 2 aromatic carbocycles. The van der Waals surface area contributed by atoms with Crippen LogP contribution in [0.2, 0.25) is 0 Å². The molecule has 0 aliphatic carbocycles. The first kappa shape index (κ1) is 20.1. The Morgan fingerprint density at radius 3 is 2.04 bits per heavy atom. The number of hydrogen-bond acceptors (Lipinski definition) is 6. The first-order valence-corrected chi connectivity index (χ1v) is 10.9. The number of sulfone groups is 1. The lowest BCUT2D eigenvalue weighted by Crippen LogP contribution is -2.45. The topological polar surface area (TPSA) is 124 Å². The molecule has 7 nitrogen and oxygen atoms in total. The molecule has 0 amide bonds. The molecule has 0 saturated heterocycles. The summed E-state index contributed by atoms with van der Waals surface area (Å²) in [5.74, 6) is 0. The van der Waals surface area contributed by atoms with E-state index < -0.39 is 25.9 Å². The van der Waals surface area contributed by atoms with Crippen molar-refractivity contribution in [3.05, 3.63) is 48.5 Å². The van der Waals surface area contributed by atoms with E-state index in [4.69, 9.17) is 23.7 Å². The second kappa shape index (κ2) is 7.22. The first-order valence-electron chi connectivity index (χ1n) is 7.53. The summed E-state index contributed by atoms with van der Waals surface area (Å²) in [5.41, 5.74) is 11.2. The van der Waals surface area contributed by atoms with Crippen LogP contribution in [0.25, 0.3) is 0 Å². The smallest absolute Gasteiger partial charge is 0.268 e. The number of thiocarbonyl (C=S) groups is 1. The van der Waals surface area contributed by atoms with E-state index in [1.54, 1.807) is 32.0 Å². The van der Waals surface area contributed by atoms with Crippen LogP contribution >= 0.6 is 12.2 Å². The minimum Gasteiger partial charge on any atom is -0.398 e. The van der Waals surface area contributed by atoms with Crippen molar-refractivity contribution in [1.82, 2.24) is 4.31 Å². The minimum atomic E-state index is -4.11. The van der Waals surface area contributed by atoms with Crippen molar-refractivity contribution in [2.24, 2.45) is 5.73 Å². The van der Waals surface area contributed by atoms with Gasteiger partial charge in [0, 0.05) is 6.04 Å². The molecular formula is C16H19N3O4S3. The molecule has 0 aliphatic heterocycles. The Hall–Kier alpha value is -2.17. The van der Waals surface area contributed by atoms with Crippen LogP contribution in [0.3, 0.4) is 0 Å². The average Bonchev–Trinajstić information content (AvgIpc) is 2.54. The number of rotatable bonds is 5. The van der Waals surface area contributed by atoms with Gasteiger partial charge in [-0.3, -0.25) is 0 Å². The lowest BCUT2D eigenvalue weighted by atomic mass is 10.3. The predicted molar refractivity (Wildman–Crippen MR) is 104 cm³/mol. The normalized spacial score (nSPS) is 12.1. The molecule has 4 N–H and O–H groups in total. The van der Waals surface area contributed by atoms with Gasteiger partial charge in [0.05, 0.1) is 15.5 Å². The summed E-state index contributed by atoms with van der Waals surface area (Å²) in [6, 6.07) is 10.7. The maximum atomic E-state index is 12.8. The molecule has 0 saturated carbocycles. The van der Waals surface area contributed by atoms with E-state index in [2.05, 4.69) is 0 Å². The Morgan fingerprint density at radius 2 is 1.58 bits per heavy atom. The Balaban J connectivity index is 2.56. The van der Waals surface area contributed by atoms with Crippen molar-refractivity contribution in [1.29, 1.82) is 0 Å². The first-order chi connectivity index (χ1) is 12.0. The van der Waals surface area contributed by atoms with Gasteiger partial charge in [-0.2, -0.15) is 0 Å². The summed E-state index contributed by atoms with van der Waals surface area (Å²) in [7, 11) is -7.93. The van der Waals surface area contributed by atoms with E-state index in [1.807, 2.05) is 0 Å². The average molecular weight is 414 g/mol. The Labute approximate surface area is 158 Å². The van der Waals surface area contributed by atoms with Gasteiger partial charge in [0.25, 0.3) is 10.0 Å². The summed E-state index contributed by atoms with van der Waals surface area (Å²) in [6.07, 6.45) is 0. The molecule has 0 unspecified atom stereocenters. The second-order valence-electron chi connectivity index (χ2n) is 5.75. The summed E-state index contributed by atoms with van der Waals surface area (Å²) >= 11 is 4.82. The Kier molecular flexibility index (Phi) is 5.59. The summed E-state index contributed by atoms with van der Waals surface area (Å²) in [6.45, 7) is 3.22. The second-order valence-corrected chi connectivity index (χ2v) is 9.90. The van der Waals surface area contributed by atoms with Crippen LogP contribution in [0.5, 0.6) is 0 Å². The zero-order valence-corrected chi connectivity index (χ0v) is 16.6. The van der Waals surface area contributed by atoms with Gasteiger partial charge >= 0.3 is 0 Å². The third kappa shape index (κ3) is 3.67. The van der Waals surface area contributed by atoms with Gasteiger partial charge in [0.2, 0.25) is 9.84 Å². The number of anilines is 1. The number of sulfonamides is 1. The number of nitrogens with zero attached hydrogens (tertiary/aromatic N) is 1. The van der Waals surface area contributed by atoms with Crippen LogP contribution in [0.1, 0.15) is 13.8 Å². The van der Waals surface area contributed by atoms with E-state index in [-0.39, 0.29) is 25.5 Å². The van der Waals surface area contributed by atoms with E-state index in [0.29, 0.717) is 0 Å². The van der Waals surface area contributed by atoms with Crippen LogP contribution in [0.4, 0.5) is 5.69 Å². The fraction of sp³-hybridized carbons (Fsp3) is 0.188. The maximum Gasteiger partial charge on any atom is 0.268 e. The van der Waals surface area contributed by atoms with Crippen LogP contribution in [0, 0.1) is 0 Å². The highest BCUT2D eigenvalue weighted by Gasteiger charge is 2.31. The van der Waals surface area contributed by atoms with Crippen molar-refractivity contribution in [3.63, 3.8) is 0 Å². The maximum absolute atomic E-state index is 12.8. The minimum absolute atomic E-state index is 0.0851. The lowest BCUT2D eigenvalue weighted by Gasteiger charge is -2.26. The number of benzene rings is 2. The van der Waals surface area contributed by atoms with Gasteiger partial charge in [0.1, 0.15) is 4.90 Å². The molecule has 10 heteroatoms. The van der Waals surface area contributed by atoms with Gasteiger partial charge < -0.3 is 11.5 Å². The van der Waals surface area contributed by atoms with Crippen LogP contribution < -0.4 is 11.5 Å². The van der Waals surface area contributed by atoms with Crippen LogP contribution in [-0.2, 0) is 19.9 Å². The number of nitrogen functional groups attached to an aromatic ring is 1. The van der Waals surface area contributed by atoms with Crippen molar-refractivity contribution in [3.8, 4) is 0 Å². The lowest BCUT2D eigenvalue weighted by molar-refractivity contribution is 0.473. The molecule has 0 radical (unpaired) electrons. The van der Waals surface area contributed by atoms with Gasteiger partial charge in [0.15, 0.2) is 5.11 Å². The van der Waals surface area contributed by atoms with Crippen LogP contribution in [0.15, 0.2) is 63.2 Å². The molecule has 26 heavy (non-hydrogen) atoms. The zero-order chi connectivity index (χ0) is 19.7. The van der Waals surface area contributed by atoms with Crippen molar-refractivity contribution >= 4 is 42.9 Å². The molecule has 140 valence electrons. The third-order valence-corrected chi connectivity index (χ3v) is 7.71. The fourth-order valence-electron chi connectivity index (χ4n) is 2.42. The Bertz CT molecular complexity index is 1030. The summed E-state index contributed by atoms with van der Waals surface area (Å²) < 4.78 is 51.7. The largest absolute Gasteiger partial charge is 0.398 e. The Morgan fingerprint density at radius 1 is 1.00 bits per heavy atom. The molecule has 0 spiro atoms. The van der Waals surface area contributed by atoms with Gasteiger partial charge in [-0.05, 0) is 56.4 Å². The van der Waals surface area contributed by atoms with Crippen LogP contribution in [-0.4, -0.2) is 32.3 Å². The van der Waals surface area contributed by atoms with Crippen molar-refractivity contribution < 1.29 is 16.8 Å². The SMILES string of the molecule is CC(C)N(C(N)=S)S(=O)(=O)c1ccc(S(=O)(=O)c2ccccc2)cc1N. The van der Waals surface area contributed by atoms with Gasteiger partial charge in [-0.15, -0.1) is 0 Å². The molecule has 0 heterocycles. The summed E-state index contributed by atoms with van der Waals surface area (Å²) in [4.78, 5) is -0.278. The molecule has 0 atom stereocenters. The molecule has 0 bridgehead atoms. The van der Waals surface area contributed by atoms with Gasteiger partial charge in [-0.1, -0.05) is 18.2 Å². The number of nitrogens with two attached hydrogens (primary N) is 2. The van der Waals surface area contributed by atoms with Crippen molar-refractivity contribution in [2.75, 3.05) is 5.73 Å². The molecule has 2 aromatic rings. The standard InChI is InChI=1S/C16H19N3O4S3/c1-11(2)19(16(18)24)26(22,23)15-9-8-13(10-14(15)17)25(20,21)12-6-4-3-5-7-12/h3-11H,17H2,1-2H3,(H2,18,24). The number of hydrogen-bond donors (Lipinski definition) is 2. The monoisotopic (exact) mass is 413 g/mol. The molecule has 0 fully saturated rings. The third-order valence-electron chi connectivity index (χ3n) is 3.57. The quantitative estimate of drug-likeness (QED) is 0.565. The van der Waals surface area contributed by atoms with E-state index in [1.165, 1.54) is 18.2 Å². The van der Waals surface area contributed by atoms with E-state index >= 15 is 0 Å². The van der Waals surface area contributed by atoms with E-state index in [9.17, 15) is 16.8 Å². The predicted octanol–water partition coefficient (Wildman–Crippen LogP) is 1.74. The highest BCUT2D eigenvalue weighted by Crippen LogP contribution is 2.29. The van der Waals surface area contributed by atoms with Crippen molar-refractivity contribution in [2.45, 2.75) is 34.6 Å². The van der Waals surface area contributed by atoms with E-state index in [0.717, 1.165) is 16.4 Å². The zero-order valence-electron chi connectivity index (χ0n) is 14.2. The fourth-order valence-corrected chi connectivity index (χ4v) is 5.84.